The number of carboxylic acids is 2. The largest absolute Gasteiger partial charge is 0.487 e. The van der Waals surface area contributed by atoms with Gasteiger partial charge in [0.15, 0.2) is 0 Å². The van der Waals surface area contributed by atoms with Crippen LogP contribution < -0.4 is 31.6 Å². The molecule has 0 saturated heterocycles. The highest BCUT2D eigenvalue weighted by Gasteiger charge is 2.37. The number of alkyl carbamates (subject to hydrolysis) is 2. The molecule has 0 aromatic heterocycles. The van der Waals surface area contributed by atoms with Crippen LogP contribution in [-0.4, -0.2) is 105 Å². The highest BCUT2D eigenvalue weighted by molar-refractivity contribution is 7.90. The summed E-state index contributed by atoms with van der Waals surface area (Å²) in [5.41, 5.74) is 20.7. The number of nitrogens with two attached hydrogens (primary N) is 2. The highest BCUT2D eigenvalue weighted by Crippen LogP contribution is 2.47. The number of carbonyl (C=O) groups is 5. The zero-order valence-corrected chi connectivity index (χ0v) is 46.9. The first-order chi connectivity index (χ1) is 37.4. The van der Waals surface area contributed by atoms with Gasteiger partial charge in [-0.25, -0.2) is 32.3 Å². The molecule has 5 aromatic rings. The molecule has 0 saturated carbocycles. The minimum atomic E-state index is -4.06. The van der Waals surface area contributed by atoms with Crippen LogP contribution in [0.2, 0.25) is 0 Å². The van der Waals surface area contributed by atoms with Gasteiger partial charge in [-0.15, -0.1) is 0 Å². The van der Waals surface area contributed by atoms with E-state index in [1.807, 2.05) is 118 Å². The summed E-state index contributed by atoms with van der Waals surface area (Å²) in [6.45, 7) is 14.6. The minimum Gasteiger partial charge on any atom is -0.487 e. The van der Waals surface area contributed by atoms with E-state index in [1.165, 1.54) is 7.05 Å². The number of guanidine groups is 1. The van der Waals surface area contributed by atoms with Gasteiger partial charge in [0.25, 0.3) is 10.0 Å². The molecule has 79 heavy (non-hydrogen) atoms. The standard InChI is InChI=1S/C34H40N4O7S.C24H27NO6.CH5N/c1-19-20(2)30(21(3)26-17-34(4,5)45-29(19)26)46(42,43)38-32(35)36-16-10-15-28(31(39)40)37-33(41)44-18-27-24-13-8-6-11-22(24)23-12-7-9-14-25(23)27;1-24(2,3)31-21(26)13-12-20(22(27)28)25-23(29)30-14-19-17-10-6-4-8-15(17)16-9-5-7-11-18(16)19;1-2/h6-9,11-14,27-28H,10,15-18H2,1-5H3,(H,37,41)(H,39,40)(H3,35,36,38);4-11,19-20H,12-14H2,1-3H3,(H,25,29)(H,27,28);2H2,1H3. The second-order valence-electron chi connectivity index (χ2n) is 20.9. The Morgan fingerprint density at radius 2 is 1.11 bits per heavy atom. The van der Waals surface area contributed by atoms with E-state index in [2.05, 4.69) is 26.1 Å². The Kier molecular flexibility index (Phi) is 19.6. The maximum absolute atomic E-state index is 13.4. The number of hydrogen-bond donors (Lipinski definition) is 7. The maximum Gasteiger partial charge on any atom is 0.407 e. The molecule has 1 aliphatic heterocycles. The van der Waals surface area contributed by atoms with Gasteiger partial charge in [0.2, 0.25) is 5.96 Å². The van der Waals surface area contributed by atoms with Crippen LogP contribution in [0.25, 0.3) is 22.3 Å². The van der Waals surface area contributed by atoms with Crippen molar-refractivity contribution in [2.45, 2.75) is 128 Å². The van der Waals surface area contributed by atoms with E-state index in [0.29, 0.717) is 17.5 Å². The van der Waals surface area contributed by atoms with Crippen molar-refractivity contribution >= 4 is 46.1 Å². The van der Waals surface area contributed by atoms with Gasteiger partial charge in [-0.2, -0.15) is 0 Å². The SMILES string of the molecule is CC(C)(C)OC(=O)CCC(NC(=O)OCC1c2ccccc2-c2ccccc21)C(=O)O.CN.Cc1c(C)c(S(=O)(=O)NC(N)=NCCCC(NC(=O)OCC2c3ccccc3-c3ccccc32)C(=O)O)c(C)c2c1OC(C)(C)C2. The molecule has 0 bridgehead atoms. The molecule has 2 amide bonds. The average molecular weight is 1110 g/mol. The lowest BCUT2D eigenvalue weighted by molar-refractivity contribution is -0.155. The zero-order chi connectivity index (χ0) is 58.0. The third-order valence-corrected chi connectivity index (χ3v) is 15.3. The van der Waals surface area contributed by atoms with Crippen LogP contribution >= 0.6 is 0 Å². The predicted octanol–water partition coefficient (Wildman–Crippen LogP) is 8.37. The number of aliphatic carboxylic acids is 2. The molecular weight excluding hydrogens is 1030 g/mol. The second-order valence-corrected chi connectivity index (χ2v) is 22.5. The number of amides is 2. The van der Waals surface area contributed by atoms with E-state index in [4.69, 9.17) is 24.7 Å². The first-order valence-electron chi connectivity index (χ1n) is 26.0. The van der Waals surface area contributed by atoms with Crippen molar-refractivity contribution < 1.29 is 61.6 Å². The van der Waals surface area contributed by atoms with E-state index in [-0.39, 0.29) is 68.1 Å². The number of nitrogens with one attached hydrogen (secondary N) is 3. The summed E-state index contributed by atoms with van der Waals surface area (Å²) in [5, 5.41) is 23.8. The molecule has 2 aliphatic carbocycles. The molecule has 0 radical (unpaired) electrons. The summed E-state index contributed by atoms with van der Waals surface area (Å²) in [6, 6.07) is 29.3. The molecule has 422 valence electrons. The smallest absolute Gasteiger partial charge is 0.407 e. The van der Waals surface area contributed by atoms with Gasteiger partial charge < -0.3 is 51.3 Å². The molecule has 2 atom stereocenters. The lowest BCUT2D eigenvalue weighted by Gasteiger charge is -2.20. The fourth-order valence-electron chi connectivity index (χ4n) is 10.1. The van der Waals surface area contributed by atoms with E-state index < -0.39 is 63.4 Å². The van der Waals surface area contributed by atoms with Crippen LogP contribution in [0.1, 0.15) is 117 Å². The Labute approximate surface area is 461 Å². The number of fused-ring (bicyclic) bond motifs is 7. The number of sulfonamides is 1. The number of aliphatic imine (C=N–C) groups is 1. The van der Waals surface area contributed by atoms with Crippen LogP contribution in [0.15, 0.2) is 107 Å². The van der Waals surface area contributed by atoms with Crippen LogP contribution in [-0.2, 0) is 45.0 Å². The monoisotopic (exact) mass is 1100 g/mol. The molecule has 20 heteroatoms. The van der Waals surface area contributed by atoms with E-state index >= 15 is 0 Å². The molecule has 0 spiro atoms. The Hall–Kier alpha value is -7.97. The Morgan fingerprint density at radius 1 is 0.696 bits per heavy atom. The van der Waals surface area contributed by atoms with Crippen LogP contribution in [0.4, 0.5) is 9.59 Å². The summed E-state index contributed by atoms with van der Waals surface area (Å²) in [5.74, 6) is -2.86. The van der Waals surface area contributed by atoms with Crippen molar-refractivity contribution in [2.24, 2.45) is 16.5 Å². The van der Waals surface area contributed by atoms with Crippen molar-refractivity contribution in [1.29, 1.82) is 0 Å². The number of carboxylic acid groups (broad SMARTS) is 2. The average Bonchev–Trinajstić information content (AvgIpc) is 4.28. The first-order valence-corrected chi connectivity index (χ1v) is 27.5. The molecule has 8 rings (SSSR count). The number of nitrogens with zero attached hydrogens (tertiary/aromatic N) is 1. The van der Waals surface area contributed by atoms with Gasteiger partial charge in [0, 0.05) is 36.8 Å². The summed E-state index contributed by atoms with van der Waals surface area (Å²) < 4.78 is 51.3. The fourth-order valence-corrected chi connectivity index (χ4v) is 11.6. The van der Waals surface area contributed by atoms with Gasteiger partial charge >= 0.3 is 30.1 Å². The van der Waals surface area contributed by atoms with E-state index in [0.717, 1.165) is 61.4 Å². The molecule has 19 nitrogen and oxygen atoms in total. The fraction of sp³-hybridized carbons (Fsp3) is 0.390. The van der Waals surface area contributed by atoms with Crippen molar-refractivity contribution in [3.63, 3.8) is 0 Å². The summed E-state index contributed by atoms with van der Waals surface area (Å²) in [7, 11) is -2.56. The predicted molar refractivity (Wildman–Crippen MR) is 300 cm³/mol. The minimum absolute atomic E-state index is 0.0288. The van der Waals surface area contributed by atoms with Crippen molar-refractivity contribution in [3.8, 4) is 28.0 Å². The highest BCUT2D eigenvalue weighted by atomic mass is 32.2. The van der Waals surface area contributed by atoms with Crippen molar-refractivity contribution in [2.75, 3.05) is 26.8 Å². The maximum atomic E-state index is 13.4. The van der Waals surface area contributed by atoms with Crippen LogP contribution in [0.3, 0.4) is 0 Å². The second kappa shape index (κ2) is 25.7. The molecule has 2 unspecified atom stereocenters. The van der Waals surface area contributed by atoms with Crippen LogP contribution in [0, 0.1) is 20.8 Å². The zero-order valence-electron chi connectivity index (χ0n) is 46.1. The molecule has 9 N–H and O–H groups in total. The molecule has 1 heterocycles. The quantitative estimate of drug-likeness (QED) is 0.0151. The van der Waals surface area contributed by atoms with Crippen molar-refractivity contribution in [1.82, 2.24) is 15.4 Å². The van der Waals surface area contributed by atoms with Gasteiger partial charge in [-0.05, 0) is 143 Å². The number of ether oxygens (including phenoxy) is 4. The van der Waals surface area contributed by atoms with Crippen LogP contribution in [0.5, 0.6) is 5.75 Å². The van der Waals surface area contributed by atoms with Gasteiger partial charge in [-0.1, -0.05) is 97.1 Å². The van der Waals surface area contributed by atoms with Gasteiger partial charge in [0.1, 0.15) is 42.2 Å². The third-order valence-electron chi connectivity index (χ3n) is 13.7. The number of esters is 1. The van der Waals surface area contributed by atoms with Gasteiger partial charge in [0.05, 0.1) is 4.90 Å². The number of carbonyl (C=O) groups excluding carboxylic acids is 3. The lowest BCUT2D eigenvalue weighted by Crippen LogP contribution is -2.42. The third kappa shape index (κ3) is 14.8. The molecule has 3 aliphatic rings. The Morgan fingerprint density at radius 3 is 1.53 bits per heavy atom. The summed E-state index contributed by atoms with van der Waals surface area (Å²) >= 11 is 0. The van der Waals surface area contributed by atoms with Crippen molar-refractivity contribution in [3.05, 3.63) is 142 Å². The van der Waals surface area contributed by atoms with E-state index in [1.54, 1.807) is 34.6 Å². The van der Waals surface area contributed by atoms with E-state index in [9.17, 15) is 42.6 Å². The summed E-state index contributed by atoms with van der Waals surface area (Å²) in [4.78, 5) is 64.4. The summed E-state index contributed by atoms with van der Waals surface area (Å²) in [6.07, 6.45) is -1.07. The lowest BCUT2D eigenvalue weighted by atomic mass is 9.94. The topological polar surface area (TPSA) is 297 Å². The normalized spacial score (nSPS) is 14.6. The Bertz CT molecular complexity index is 3130. The number of benzene rings is 5. The van der Waals surface area contributed by atoms with Gasteiger partial charge in [-0.3, -0.25) is 9.79 Å². The Balaban J connectivity index is 0.000000266. The molecule has 5 aromatic carbocycles. The molecule has 0 fully saturated rings. The first kappa shape index (κ1) is 60.3. The number of hydrogen-bond acceptors (Lipinski definition) is 13. The number of rotatable bonds is 17. The molecular formula is C59H72N6O13S.